The maximum atomic E-state index is 5.96. The standard InChI is InChI=1S/C16H23NO2/c1-5-17-16(11(3)4)15-10-12-9-13(18-6-2)7-8-14(12)19-15/h7-11,16-17H,5-6H2,1-4H3. The zero-order valence-electron chi connectivity index (χ0n) is 12.2. The van der Waals surface area contributed by atoms with Gasteiger partial charge in [-0.3, -0.25) is 0 Å². The van der Waals surface area contributed by atoms with Crippen molar-refractivity contribution < 1.29 is 9.15 Å². The fourth-order valence-electron chi connectivity index (χ4n) is 2.34. The minimum absolute atomic E-state index is 0.257. The first kappa shape index (κ1) is 13.9. The predicted molar refractivity (Wildman–Crippen MR) is 78.6 cm³/mol. The van der Waals surface area contributed by atoms with E-state index in [1.54, 1.807) is 0 Å². The van der Waals surface area contributed by atoms with E-state index in [2.05, 4.69) is 32.2 Å². The molecule has 0 amide bonds. The van der Waals surface area contributed by atoms with Gasteiger partial charge in [-0.15, -0.1) is 0 Å². The van der Waals surface area contributed by atoms with Crippen molar-refractivity contribution in [3.05, 3.63) is 30.0 Å². The Balaban J connectivity index is 2.34. The Morgan fingerprint density at radius 1 is 1.21 bits per heavy atom. The molecule has 3 heteroatoms. The van der Waals surface area contributed by atoms with Crippen LogP contribution in [0.15, 0.2) is 28.7 Å². The number of hydrogen-bond donors (Lipinski definition) is 1. The summed E-state index contributed by atoms with van der Waals surface area (Å²) in [5.41, 5.74) is 0.919. The molecular weight excluding hydrogens is 238 g/mol. The Morgan fingerprint density at radius 2 is 2.00 bits per heavy atom. The normalized spacial score (nSPS) is 13.1. The molecule has 1 aromatic carbocycles. The summed E-state index contributed by atoms with van der Waals surface area (Å²) in [4.78, 5) is 0. The molecule has 1 atom stereocenters. The number of ether oxygens (including phenoxy) is 1. The smallest absolute Gasteiger partial charge is 0.134 e. The van der Waals surface area contributed by atoms with Gasteiger partial charge in [0.15, 0.2) is 0 Å². The van der Waals surface area contributed by atoms with Gasteiger partial charge in [-0.2, -0.15) is 0 Å². The van der Waals surface area contributed by atoms with Crippen molar-refractivity contribution in [1.82, 2.24) is 5.32 Å². The summed E-state index contributed by atoms with van der Waals surface area (Å²) in [6, 6.07) is 8.34. The number of nitrogens with one attached hydrogen (secondary N) is 1. The molecule has 104 valence electrons. The van der Waals surface area contributed by atoms with Gasteiger partial charge in [0.1, 0.15) is 17.1 Å². The zero-order valence-corrected chi connectivity index (χ0v) is 12.2. The fourth-order valence-corrected chi connectivity index (χ4v) is 2.34. The quantitative estimate of drug-likeness (QED) is 0.848. The largest absolute Gasteiger partial charge is 0.494 e. The molecule has 3 nitrogen and oxygen atoms in total. The third kappa shape index (κ3) is 3.10. The summed E-state index contributed by atoms with van der Waals surface area (Å²) in [5, 5.41) is 4.58. The molecule has 1 aromatic heterocycles. The highest BCUT2D eigenvalue weighted by molar-refractivity contribution is 5.79. The van der Waals surface area contributed by atoms with Crippen LogP contribution in [0.25, 0.3) is 11.0 Å². The molecule has 0 aliphatic heterocycles. The Bertz CT molecular complexity index is 531. The SMILES string of the molecule is CCNC(c1cc2cc(OCC)ccc2o1)C(C)C. The number of benzene rings is 1. The number of fused-ring (bicyclic) bond motifs is 1. The lowest BCUT2D eigenvalue weighted by molar-refractivity contribution is 0.340. The van der Waals surface area contributed by atoms with E-state index in [9.17, 15) is 0 Å². The summed E-state index contributed by atoms with van der Waals surface area (Å²) in [7, 11) is 0. The third-order valence-electron chi connectivity index (χ3n) is 3.22. The van der Waals surface area contributed by atoms with Gasteiger partial charge in [0.25, 0.3) is 0 Å². The molecule has 0 aliphatic carbocycles. The second kappa shape index (κ2) is 6.11. The van der Waals surface area contributed by atoms with E-state index in [4.69, 9.17) is 9.15 Å². The average Bonchev–Trinajstić information content (AvgIpc) is 2.78. The van der Waals surface area contributed by atoms with Crippen LogP contribution < -0.4 is 10.1 Å². The lowest BCUT2D eigenvalue weighted by atomic mass is 10.0. The molecule has 0 saturated carbocycles. The van der Waals surface area contributed by atoms with Crippen LogP contribution in [0.5, 0.6) is 5.75 Å². The first-order chi connectivity index (χ1) is 9.15. The van der Waals surface area contributed by atoms with Gasteiger partial charge in [-0.1, -0.05) is 20.8 Å². The summed E-state index contributed by atoms with van der Waals surface area (Å²) < 4.78 is 11.5. The minimum Gasteiger partial charge on any atom is -0.494 e. The van der Waals surface area contributed by atoms with Crippen molar-refractivity contribution in [3.63, 3.8) is 0 Å². The molecule has 0 saturated heterocycles. The molecule has 19 heavy (non-hydrogen) atoms. The van der Waals surface area contributed by atoms with Crippen LogP contribution in [0.4, 0.5) is 0 Å². The van der Waals surface area contributed by atoms with Crippen LogP contribution >= 0.6 is 0 Å². The van der Waals surface area contributed by atoms with Gasteiger partial charge in [0, 0.05) is 5.39 Å². The second-order valence-corrected chi connectivity index (χ2v) is 5.06. The average molecular weight is 261 g/mol. The van der Waals surface area contributed by atoms with Crippen molar-refractivity contribution >= 4 is 11.0 Å². The fraction of sp³-hybridized carbons (Fsp3) is 0.500. The summed E-state index contributed by atoms with van der Waals surface area (Å²) >= 11 is 0. The van der Waals surface area contributed by atoms with Crippen molar-refractivity contribution in [1.29, 1.82) is 0 Å². The van der Waals surface area contributed by atoms with E-state index in [0.717, 1.165) is 29.0 Å². The number of rotatable bonds is 6. The van der Waals surface area contributed by atoms with Gasteiger partial charge < -0.3 is 14.5 Å². The second-order valence-electron chi connectivity index (χ2n) is 5.06. The topological polar surface area (TPSA) is 34.4 Å². The molecule has 2 rings (SSSR count). The van der Waals surface area contributed by atoms with E-state index in [0.29, 0.717) is 12.5 Å². The van der Waals surface area contributed by atoms with Gasteiger partial charge in [0.2, 0.25) is 0 Å². The van der Waals surface area contributed by atoms with Crippen LogP contribution in [-0.2, 0) is 0 Å². The first-order valence-corrected chi connectivity index (χ1v) is 7.05. The minimum atomic E-state index is 0.257. The van der Waals surface area contributed by atoms with Crippen molar-refractivity contribution in [2.45, 2.75) is 33.7 Å². The summed E-state index contributed by atoms with van der Waals surface area (Å²) in [6.45, 7) is 10.1. The highest BCUT2D eigenvalue weighted by Gasteiger charge is 2.19. The maximum Gasteiger partial charge on any atom is 0.134 e. The third-order valence-corrected chi connectivity index (χ3v) is 3.22. The molecule has 0 spiro atoms. The van der Waals surface area contributed by atoms with Gasteiger partial charge in [-0.05, 0) is 43.7 Å². The molecule has 0 aliphatic rings. The Hall–Kier alpha value is -1.48. The van der Waals surface area contributed by atoms with Gasteiger partial charge in [-0.25, -0.2) is 0 Å². The predicted octanol–water partition coefficient (Wildman–Crippen LogP) is 4.14. The molecular formula is C16H23NO2. The molecule has 1 unspecified atom stereocenters. The van der Waals surface area contributed by atoms with E-state index in [-0.39, 0.29) is 6.04 Å². The zero-order chi connectivity index (χ0) is 13.8. The van der Waals surface area contributed by atoms with Gasteiger partial charge in [0.05, 0.1) is 12.6 Å². The molecule has 0 radical (unpaired) electrons. The molecule has 1 heterocycles. The van der Waals surface area contributed by atoms with Crippen LogP contribution in [-0.4, -0.2) is 13.2 Å². The molecule has 0 fully saturated rings. The number of furan rings is 1. The summed E-state index contributed by atoms with van der Waals surface area (Å²) in [6.07, 6.45) is 0. The van der Waals surface area contributed by atoms with E-state index < -0.39 is 0 Å². The highest BCUT2D eigenvalue weighted by Crippen LogP contribution is 2.30. The highest BCUT2D eigenvalue weighted by atomic mass is 16.5. The van der Waals surface area contributed by atoms with E-state index in [1.807, 2.05) is 25.1 Å². The molecule has 1 N–H and O–H groups in total. The Morgan fingerprint density at radius 3 is 2.63 bits per heavy atom. The van der Waals surface area contributed by atoms with Crippen LogP contribution in [0.2, 0.25) is 0 Å². The van der Waals surface area contributed by atoms with Crippen molar-refractivity contribution in [2.75, 3.05) is 13.2 Å². The van der Waals surface area contributed by atoms with Crippen LogP contribution in [0, 0.1) is 5.92 Å². The first-order valence-electron chi connectivity index (χ1n) is 7.05. The maximum absolute atomic E-state index is 5.96. The molecule has 2 aromatic rings. The van der Waals surface area contributed by atoms with Crippen molar-refractivity contribution in [3.8, 4) is 5.75 Å². The van der Waals surface area contributed by atoms with E-state index >= 15 is 0 Å². The summed E-state index contributed by atoms with van der Waals surface area (Å²) in [5.74, 6) is 2.39. The Kier molecular flexibility index (Phi) is 4.48. The lowest BCUT2D eigenvalue weighted by Gasteiger charge is -2.18. The Labute approximate surface area is 114 Å². The number of hydrogen-bond acceptors (Lipinski definition) is 3. The monoisotopic (exact) mass is 261 g/mol. The van der Waals surface area contributed by atoms with E-state index in [1.165, 1.54) is 0 Å². The lowest BCUT2D eigenvalue weighted by Crippen LogP contribution is -2.24. The van der Waals surface area contributed by atoms with Gasteiger partial charge >= 0.3 is 0 Å². The van der Waals surface area contributed by atoms with Crippen LogP contribution in [0.1, 0.15) is 39.5 Å². The van der Waals surface area contributed by atoms with Crippen molar-refractivity contribution in [2.24, 2.45) is 5.92 Å². The van der Waals surface area contributed by atoms with Crippen LogP contribution in [0.3, 0.4) is 0 Å². The molecule has 0 bridgehead atoms.